The molecule has 4 aromatic rings. The summed E-state index contributed by atoms with van der Waals surface area (Å²) >= 11 is 0. The minimum Gasteiger partial charge on any atom is -0.465 e. The SMILES string of the molecule is Cc1nc(-c2cccc(NC(=O)C(=Cc3ccco3)NC(=O)c3ccccc3)c2)oc1C. The van der Waals surface area contributed by atoms with E-state index in [1.54, 1.807) is 54.6 Å². The first-order chi connectivity index (χ1) is 15.5. The number of amides is 2. The molecule has 7 heteroatoms. The number of hydrogen-bond acceptors (Lipinski definition) is 5. The van der Waals surface area contributed by atoms with Crippen LogP contribution in [0.25, 0.3) is 17.5 Å². The Morgan fingerprint density at radius 2 is 1.78 bits per heavy atom. The second kappa shape index (κ2) is 9.18. The van der Waals surface area contributed by atoms with E-state index in [4.69, 9.17) is 8.83 Å². The predicted molar refractivity (Wildman–Crippen MR) is 121 cm³/mol. The number of carbonyl (C=O) groups excluding carboxylic acids is 2. The van der Waals surface area contributed by atoms with Gasteiger partial charge in [-0.05, 0) is 56.3 Å². The van der Waals surface area contributed by atoms with Gasteiger partial charge in [-0.2, -0.15) is 0 Å². The topological polar surface area (TPSA) is 97.4 Å². The number of furan rings is 1. The molecule has 0 aliphatic heterocycles. The lowest BCUT2D eigenvalue weighted by Crippen LogP contribution is -2.30. The van der Waals surface area contributed by atoms with Crippen molar-refractivity contribution in [3.05, 3.63) is 101 Å². The molecule has 2 N–H and O–H groups in total. The van der Waals surface area contributed by atoms with Gasteiger partial charge in [-0.3, -0.25) is 9.59 Å². The fraction of sp³-hybridized carbons (Fsp3) is 0.0800. The van der Waals surface area contributed by atoms with E-state index in [2.05, 4.69) is 15.6 Å². The highest BCUT2D eigenvalue weighted by Crippen LogP contribution is 2.24. The monoisotopic (exact) mass is 427 g/mol. The first-order valence-electron chi connectivity index (χ1n) is 9.97. The molecule has 2 aromatic carbocycles. The molecule has 0 unspecified atom stereocenters. The zero-order valence-electron chi connectivity index (χ0n) is 17.6. The average Bonchev–Trinajstić information content (AvgIpc) is 3.43. The number of carbonyl (C=O) groups is 2. The summed E-state index contributed by atoms with van der Waals surface area (Å²) in [4.78, 5) is 30.1. The van der Waals surface area contributed by atoms with Crippen LogP contribution in [0.5, 0.6) is 0 Å². The molecule has 0 spiro atoms. The Labute approximate surface area is 184 Å². The highest BCUT2D eigenvalue weighted by Gasteiger charge is 2.16. The molecule has 0 aliphatic rings. The number of nitrogens with zero attached hydrogens (tertiary/aromatic N) is 1. The lowest BCUT2D eigenvalue weighted by molar-refractivity contribution is -0.113. The van der Waals surface area contributed by atoms with Gasteiger partial charge in [-0.25, -0.2) is 4.98 Å². The van der Waals surface area contributed by atoms with E-state index >= 15 is 0 Å². The van der Waals surface area contributed by atoms with Gasteiger partial charge in [0.1, 0.15) is 17.2 Å². The molecule has 7 nitrogen and oxygen atoms in total. The lowest BCUT2D eigenvalue weighted by Gasteiger charge is -2.11. The summed E-state index contributed by atoms with van der Waals surface area (Å²) in [7, 11) is 0. The van der Waals surface area contributed by atoms with Crippen molar-refractivity contribution >= 4 is 23.6 Å². The van der Waals surface area contributed by atoms with Gasteiger partial charge >= 0.3 is 0 Å². The van der Waals surface area contributed by atoms with Crippen molar-refractivity contribution in [1.29, 1.82) is 0 Å². The second-order valence-electron chi connectivity index (χ2n) is 7.09. The number of nitrogens with one attached hydrogen (secondary N) is 2. The Balaban J connectivity index is 1.58. The number of rotatable bonds is 6. The standard InChI is InChI=1S/C25H21N3O4/c1-16-17(2)32-25(26-16)19-10-6-11-20(14-19)27-24(30)22(15-21-12-7-13-31-21)28-23(29)18-8-4-3-5-9-18/h3-15H,1-2H3,(H,27,30)(H,28,29). The fourth-order valence-corrected chi connectivity index (χ4v) is 2.98. The van der Waals surface area contributed by atoms with Gasteiger partial charge in [-0.1, -0.05) is 24.3 Å². The van der Waals surface area contributed by atoms with Crippen LogP contribution in [-0.2, 0) is 4.79 Å². The van der Waals surface area contributed by atoms with Gasteiger partial charge in [0.2, 0.25) is 5.89 Å². The van der Waals surface area contributed by atoms with E-state index in [1.807, 2.05) is 26.0 Å². The molecule has 2 heterocycles. The number of aryl methyl sites for hydroxylation is 2. The zero-order valence-corrected chi connectivity index (χ0v) is 17.6. The van der Waals surface area contributed by atoms with E-state index in [0.29, 0.717) is 22.9 Å². The summed E-state index contributed by atoms with van der Waals surface area (Å²) < 4.78 is 11.0. The minimum atomic E-state index is -0.498. The molecule has 2 amide bonds. The van der Waals surface area contributed by atoms with Crippen LogP contribution in [0.3, 0.4) is 0 Å². The number of anilines is 1. The quantitative estimate of drug-likeness (QED) is 0.424. The molecule has 160 valence electrons. The zero-order chi connectivity index (χ0) is 22.5. The summed E-state index contributed by atoms with van der Waals surface area (Å²) in [6, 6.07) is 19.2. The number of aromatic nitrogens is 1. The Morgan fingerprint density at radius 3 is 2.47 bits per heavy atom. The Bertz CT molecular complexity index is 1250. The third-order valence-corrected chi connectivity index (χ3v) is 4.75. The largest absolute Gasteiger partial charge is 0.465 e. The molecular formula is C25H21N3O4. The van der Waals surface area contributed by atoms with Crippen molar-refractivity contribution in [3.63, 3.8) is 0 Å². The maximum absolute atomic E-state index is 13.0. The van der Waals surface area contributed by atoms with Crippen molar-refractivity contribution in [1.82, 2.24) is 10.3 Å². The Morgan fingerprint density at radius 1 is 0.969 bits per heavy atom. The molecule has 2 aromatic heterocycles. The minimum absolute atomic E-state index is 0.0435. The molecule has 0 aliphatic carbocycles. The van der Waals surface area contributed by atoms with Crippen LogP contribution >= 0.6 is 0 Å². The molecule has 0 radical (unpaired) electrons. The van der Waals surface area contributed by atoms with Gasteiger partial charge < -0.3 is 19.5 Å². The highest BCUT2D eigenvalue weighted by molar-refractivity contribution is 6.10. The van der Waals surface area contributed by atoms with Crippen LogP contribution in [0.1, 0.15) is 27.6 Å². The summed E-state index contributed by atoms with van der Waals surface area (Å²) in [6.45, 7) is 3.72. The van der Waals surface area contributed by atoms with Crippen LogP contribution in [-0.4, -0.2) is 16.8 Å². The molecular weight excluding hydrogens is 406 g/mol. The Kier molecular flexibility index (Phi) is 5.98. The second-order valence-corrected chi connectivity index (χ2v) is 7.09. The van der Waals surface area contributed by atoms with E-state index in [0.717, 1.165) is 17.0 Å². The normalized spacial score (nSPS) is 11.2. The van der Waals surface area contributed by atoms with E-state index in [9.17, 15) is 9.59 Å². The van der Waals surface area contributed by atoms with Crippen molar-refractivity contribution in [2.45, 2.75) is 13.8 Å². The maximum Gasteiger partial charge on any atom is 0.272 e. The van der Waals surface area contributed by atoms with Gasteiger partial charge in [-0.15, -0.1) is 0 Å². The van der Waals surface area contributed by atoms with Gasteiger partial charge in [0.15, 0.2) is 0 Å². The van der Waals surface area contributed by atoms with Crippen molar-refractivity contribution < 1.29 is 18.4 Å². The molecule has 0 atom stereocenters. The van der Waals surface area contributed by atoms with Crippen molar-refractivity contribution in [2.75, 3.05) is 5.32 Å². The third-order valence-electron chi connectivity index (χ3n) is 4.75. The number of benzene rings is 2. The molecule has 0 fully saturated rings. The maximum atomic E-state index is 13.0. The van der Waals surface area contributed by atoms with Crippen molar-refractivity contribution in [3.8, 4) is 11.5 Å². The van der Waals surface area contributed by atoms with Crippen LogP contribution in [0.15, 0.2) is 87.5 Å². The molecule has 32 heavy (non-hydrogen) atoms. The van der Waals surface area contributed by atoms with Gasteiger partial charge in [0, 0.05) is 22.9 Å². The predicted octanol–water partition coefficient (Wildman–Crippen LogP) is 4.96. The summed E-state index contributed by atoms with van der Waals surface area (Å²) in [5.41, 5.74) is 2.54. The van der Waals surface area contributed by atoms with Crippen LogP contribution in [0.4, 0.5) is 5.69 Å². The van der Waals surface area contributed by atoms with E-state index in [1.165, 1.54) is 12.3 Å². The summed E-state index contributed by atoms with van der Waals surface area (Å²) in [5, 5.41) is 5.48. The molecule has 4 rings (SSSR count). The third kappa shape index (κ3) is 4.84. The number of oxazole rings is 1. The number of hydrogen-bond donors (Lipinski definition) is 2. The van der Waals surface area contributed by atoms with Crippen LogP contribution in [0, 0.1) is 13.8 Å². The molecule has 0 saturated heterocycles. The Hall–Kier alpha value is -4.39. The van der Waals surface area contributed by atoms with Crippen LogP contribution < -0.4 is 10.6 Å². The van der Waals surface area contributed by atoms with Gasteiger partial charge in [0.05, 0.1) is 12.0 Å². The summed E-state index contributed by atoms with van der Waals surface area (Å²) in [5.74, 6) is 0.741. The average molecular weight is 427 g/mol. The van der Waals surface area contributed by atoms with E-state index < -0.39 is 11.8 Å². The van der Waals surface area contributed by atoms with Gasteiger partial charge in [0.25, 0.3) is 11.8 Å². The lowest BCUT2D eigenvalue weighted by atomic mass is 10.2. The van der Waals surface area contributed by atoms with Crippen LogP contribution in [0.2, 0.25) is 0 Å². The first kappa shape index (κ1) is 20.9. The van der Waals surface area contributed by atoms with Crippen molar-refractivity contribution in [2.24, 2.45) is 0 Å². The smallest absolute Gasteiger partial charge is 0.272 e. The summed E-state index contributed by atoms with van der Waals surface area (Å²) in [6.07, 6.45) is 2.96. The fourth-order valence-electron chi connectivity index (χ4n) is 2.98. The molecule has 0 bridgehead atoms. The first-order valence-corrected chi connectivity index (χ1v) is 9.97. The molecule has 0 saturated carbocycles. The van der Waals surface area contributed by atoms with E-state index in [-0.39, 0.29) is 5.70 Å². The highest BCUT2D eigenvalue weighted by atomic mass is 16.4.